The zero-order chi connectivity index (χ0) is 9.73. The normalized spacial score (nSPS) is 19.5. The Balaban J connectivity index is 2.43. The fourth-order valence-corrected chi connectivity index (χ4v) is 1.75. The van der Waals surface area contributed by atoms with Crippen LogP contribution < -0.4 is 0 Å². The largest absolute Gasteiger partial charge is 0.367 e. The average Bonchev–Trinajstić information content (AvgIpc) is 2.03. The van der Waals surface area contributed by atoms with Gasteiger partial charge >= 0.3 is 0 Å². The lowest BCUT2D eigenvalue weighted by atomic mass is 9.75. The summed E-state index contributed by atoms with van der Waals surface area (Å²) in [7, 11) is 0. The van der Waals surface area contributed by atoms with E-state index in [1.165, 1.54) is 0 Å². The van der Waals surface area contributed by atoms with Gasteiger partial charge in [0.1, 0.15) is 5.60 Å². The van der Waals surface area contributed by atoms with Crippen LogP contribution in [0.25, 0.3) is 0 Å². The summed E-state index contributed by atoms with van der Waals surface area (Å²) in [6.45, 7) is 4.86. The molecule has 13 heavy (non-hydrogen) atoms. The van der Waals surface area contributed by atoms with E-state index in [1.807, 2.05) is 6.92 Å². The van der Waals surface area contributed by atoms with Crippen molar-refractivity contribution in [2.75, 3.05) is 6.61 Å². The summed E-state index contributed by atoms with van der Waals surface area (Å²) in [6, 6.07) is 0. The number of rotatable bonds is 6. The van der Waals surface area contributed by atoms with E-state index >= 15 is 0 Å². The summed E-state index contributed by atoms with van der Waals surface area (Å²) in [6.07, 6.45) is 5.68. The molecule has 0 amide bonds. The van der Waals surface area contributed by atoms with Crippen molar-refractivity contribution < 1.29 is 9.53 Å². The monoisotopic (exact) mass is 184 g/mol. The van der Waals surface area contributed by atoms with Crippen molar-refractivity contribution in [1.82, 2.24) is 0 Å². The summed E-state index contributed by atoms with van der Waals surface area (Å²) < 4.78 is 5.68. The first kappa shape index (κ1) is 10.7. The van der Waals surface area contributed by atoms with E-state index in [0.717, 1.165) is 38.7 Å². The van der Waals surface area contributed by atoms with Gasteiger partial charge in [-0.05, 0) is 32.1 Å². The molecule has 0 saturated heterocycles. The van der Waals surface area contributed by atoms with Crippen LogP contribution in [0.15, 0.2) is 0 Å². The second-order valence-corrected chi connectivity index (χ2v) is 3.87. The van der Waals surface area contributed by atoms with E-state index in [4.69, 9.17) is 4.74 Å². The second-order valence-electron chi connectivity index (χ2n) is 3.87. The van der Waals surface area contributed by atoms with E-state index < -0.39 is 0 Å². The van der Waals surface area contributed by atoms with E-state index in [9.17, 15) is 4.79 Å². The Morgan fingerprint density at radius 1 is 1.31 bits per heavy atom. The minimum absolute atomic E-state index is 0.328. The number of ketones is 1. The van der Waals surface area contributed by atoms with Crippen LogP contribution in [0.4, 0.5) is 0 Å². The molecule has 76 valence electrons. The predicted molar refractivity (Wildman–Crippen MR) is 52.7 cm³/mol. The molecule has 1 saturated carbocycles. The highest BCUT2D eigenvalue weighted by Gasteiger charge is 2.43. The van der Waals surface area contributed by atoms with Gasteiger partial charge in [-0.25, -0.2) is 0 Å². The molecule has 2 heteroatoms. The Kier molecular flexibility index (Phi) is 3.91. The Labute approximate surface area is 80.7 Å². The molecule has 2 nitrogen and oxygen atoms in total. The summed E-state index contributed by atoms with van der Waals surface area (Å²) >= 11 is 0. The third kappa shape index (κ3) is 2.31. The van der Waals surface area contributed by atoms with Crippen LogP contribution >= 0.6 is 0 Å². The Hall–Kier alpha value is -0.370. The molecule has 0 aromatic rings. The maximum Gasteiger partial charge on any atom is 0.164 e. The van der Waals surface area contributed by atoms with Gasteiger partial charge in [-0.15, -0.1) is 0 Å². The lowest BCUT2D eigenvalue weighted by Crippen LogP contribution is -2.47. The molecule has 0 aliphatic heterocycles. The molecule has 0 atom stereocenters. The standard InChI is InChI=1S/C11H20O2/c1-3-6-10(12)11(7-5-8-11)13-9-4-2/h3-9H2,1-2H3. The SMILES string of the molecule is CCCOC1(C(=O)CCC)CCC1. The Morgan fingerprint density at radius 3 is 2.38 bits per heavy atom. The van der Waals surface area contributed by atoms with Gasteiger partial charge < -0.3 is 4.74 Å². The topological polar surface area (TPSA) is 26.3 Å². The molecule has 0 aromatic heterocycles. The zero-order valence-corrected chi connectivity index (χ0v) is 8.77. The summed E-state index contributed by atoms with van der Waals surface area (Å²) in [4.78, 5) is 11.7. The highest BCUT2D eigenvalue weighted by molar-refractivity contribution is 5.88. The molecule has 1 rings (SSSR count). The van der Waals surface area contributed by atoms with Crippen molar-refractivity contribution in [2.45, 2.75) is 58.0 Å². The average molecular weight is 184 g/mol. The highest BCUT2D eigenvalue weighted by Crippen LogP contribution is 2.37. The van der Waals surface area contributed by atoms with Crippen LogP contribution in [0.1, 0.15) is 52.4 Å². The molecule has 0 heterocycles. The number of hydrogen-bond acceptors (Lipinski definition) is 2. The van der Waals surface area contributed by atoms with Gasteiger partial charge in [0.2, 0.25) is 0 Å². The van der Waals surface area contributed by atoms with Crippen molar-refractivity contribution >= 4 is 5.78 Å². The van der Waals surface area contributed by atoms with Crippen molar-refractivity contribution in [3.05, 3.63) is 0 Å². The number of carbonyl (C=O) groups excluding carboxylic acids is 1. The quantitative estimate of drug-likeness (QED) is 0.634. The maximum absolute atomic E-state index is 11.7. The van der Waals surface area contributed by atoms with E-state index in [1.54, 1.807) is 0 Å². The van der Waals surface area contributed by atoms with Crippen LogP contribution in [-0.2, 0) is 9.53 Å². The number of carbonyl (C=O) groups is 1. The van der Waals surface area contributed by atoms with Crippen molar-refractivity contribution in [2.24, 2.45) is 0 Å². The van der Waals surface area contributed by atoms with Gasteiger partial charge in [-0.2, -0.15) is 0 Å². The number of hydrogen-bond donors (Lipinski definition) is 0. The molecule has 0 N–H and O–H groups in total. The molecule has 0 spiro atoms. The smallest absolute Gasteiger partial charge is 0.164 e. The number of ether oxygens (including phenoxy) is 1. The molecule has 1 aliphatic rings. The third-order valence-corrected chi connectivity index (χ3v) is 2.73. The molecule has 0 bridgehead atoms. The summed E-state index contributed by atoms with van der Waals surface area (Å²) in [5, 5.41) is 0. The van der Waals surface area contributed by atoms with Crippen molar-refractivity contribution in [3.63, 3.8) is 0 Å². The minimum Gasteiger partial charge on any atom is -0.367 e. The predicted octanol–water partition coefficient (Wildman–Crippen LogP) is 2.70. The molecule has 1 fully saturated rings. The summed E-state index contributed by atoms with van der Waals surface area (Å²) in [5.74, 6) is 0.328. The van der Waals surface area contributed by atoms with Crippen molar-refractivity contribution in [3.8, 4) is 0 Å². The first-order valence-electron chi connectivity index (χ1n) is 5.42. The van der Waals surface area contributed by atoms with Crippen LogP contribution in [0.3, 0.4) is 0 Å². The molecule has 0 radical (unpaired) electrons. The van der Waals surface area contributed by atoms with Crippen LogP contribution in [0.2, 0.25) is 0 Å². The molecule has 0 unspecified atom stereocenters. The Morgan fingerprint density at radius 2 is 2.00 bits per heavy atom. The van der Waals surface area contributed by atoms with Gasteiger partial charge in [0.25, 0.3) is 0 Å². The maximum atomic E-state index is 11.7. The second kappa shape index (κ2) is 4.75. The van der Waals surface area contributed by atoms with E-state index in [2.05, 4.69) is 6.92 Å². The molecular formula is C11H20O2. The van der Waals surface area contributed by atoms with E-state index in [-0.39, 0.29) is 5.60 Å². The van der Waals surface area contributed by atoms with Crippen LogP contribution in [-0.4, -0.2) is 18.0 Å². The first-order valence-corrected chi connectivity index (χ1v) is 5.42. The van der Waals surface area contributed by atoms with Gasteiger partial charge in [0.05, 0.1) is 0 Å². The molecular weight excluding hydrogens is 164 g/mol. The lowest BCUT2D eigenvalue weighted by molar-refractivity contribution is -0.157. The number of Topliss-reactive ketones (excluding diaryl/α,β-unsaturated/α-hetero) is 1. The molecule has 1 aliphatic carbocycles. The highest BCUT2D eigenvalue weighted by atomic mass is 16.5. The van der Waals surface area contributed by atoms with Crippen LogP contribution in [0.5, 0.6) is 0 Å². The van der Waals surface area contributed by atoms with Gasteiger partial charge in [-0.1, -0.05) is 13.8 Å². The minimum atomic E-state index is -0.355. The van der Waals surface area contributed by atoms with Crippen molar-refractivity contribution in [1.29, 1.82) is 0 Å². The fourth-order valence-electron chi connectivity index (χ4n) is 1.75. The summed E-state index contributed by atoms with van der Waals surface area (Å²) in [5.41, 5.74) is -0.355. The van der Waals surface area contributed by atoms with E-state index in [0.29, 0.717) is 12.2 Å². The Bertz CT molecular complexity index is 171. The van der Waals surface area contributed by atoms with Gasteiger partial charge in [0.15, 0.2) is 5.78 Å². The first-order chi connectivity index (χ1) is 6.25. The zero-order valence-electron chi connectivity index (χ0n) is 8.77. The van der Waals surface area contributed by atoms with Gasteiger partial charge in [0, 0.05) is 13.0 Å². The van der Waals surface area contributed by atoms with Gasteiger partial charge in [-0.3, -0.25) is 4.79 Å². The fraction of sp³-hybridized carbons (Fsp3) is 0.909. The lowest BCUT2D eigenvalue weighted by Gasteiger charge is -2.40. The third-order valence-electron chi connectivity index (χ3n) is 2.73. The molecule has 0 aromatic carbocycles. The van der Waals surface area contributed by atoms with Crippen LogP contribution in [0, 0.1) is 0 Å².